The van der Waals surface area contributed by atoms with Gasteiger partial charge in [-0.2, -0.15) is 10.2 Å². The van der Waals surface area contributed by atoms with E-state index in [0.29, 0.717) is 16.3 Å². The van der Waals surface area contributed by atoms with Crippen molar-refractivity contribution in [3.05, 3.63) is 69.9 Å². The van der Waals surface area contributed by atoms with E-state index in [1.165, 1.54) is 25.5 Å². The highest BCUT2D eigenvalue weighted by atomic mass is 19.1. The van der Waals surface area contributed by atoms with Crippen LogP contribution in [0.4, 0.5) is 4.39 Å². The quantitative estimate of drug-likeness (QED) is 0.559. The van der Waals surface area contributed by atoms with Crippen LogP contribution in [0, 0.1) is 5.82 Å². The van der Waals surface area contributed by atoms with Gasteiger partial charge < -0.3 is 4.74 Å². The molecule has 2 aromatic carbocycles. The Labute approximate surface area is 141 Å². The fourth-order valence-electron chi connectivity index (χ4n) is 2.27. The van der Waals surface area contributed by atoms with Crippen LogP contribution < -0.4 is 15.7 Å². The first-order chi connectivity index (χ1) is 12.1. The van der Waals surface area contributed by atoms with Crippen molar-refractivity contribution < 1.29 is 13.9 Å². The number of carbonyl (C=O) groups is 1. The van der Waals surface area contributed by atoms with Crippen LogP contribution in [-0.2, 0) is 0 Å². The van der Waals surface area contributed by atoms with Crippen molar-refractivity contribution in [2.24, 2.45) is 5.10 Å². The predicted molar refractivity (Wildman–Crippen MR) is 90.4 cm³/mol. The van der Waals surface area contributed by atoms with E-state index >= 15 is 0 Å². The van der Waals surface area contributed by atoms with Crippen LogP contribution in [0.3, 0.4) is 0 Å². The normalized spacial score (nSPS) is 11.0. The van der Waals surface area contributed by atoms with Crippen LogP contribution in [0.5, 0.6) is 5.75 Å². The van der Waals surface area contributed by atoms with Crippen LogP contribution in [0.25, 0.3) is 10.8 Å². The Morgan fingerprint density at radius 1 is 1.28 bits per heavy atom. The van der Waals surface area contributed by atoms with E-state index < -0.39 is 11.7 Å². The van der Waals surface area contributed by atoms with Crippen molar-refractivity contribution in [1.82, 2.24) is 15.6 Å². The van der Waals surface area contributed by atoms with Gasteiger partial charge in [0.1, 0.15) is 0 Å². The number of nitrogens with one attached hydrogen (secondary N) is 2. The molecule has 1 aromatic heterocycles. The Morgan fingerprint density at radius 3 is 2.76 bits per heavy atom. The first kappa shape index (κ1) is 16.3. The zero-order chi connectivity index (χ0) is 17.8. The molecule has 0 aliphatic carbocycles. The van der Waals surface area contributed by atoms with E-state index in [9.17, 15) is 14.0 Å². The average molecular weight is 340 g/mol. The van der Waals surface area contributed by atoms with Crippen LogP contribution in [-0.4, -0.2) is 29.4 Å². The predicted octanol–water partition coefficient (Wildman–Crippen LogP) is 1.83. The van der Waals surface area contributed by atoms with Crippen molar-refractivity contribution in [3.63, 3.8) is 0 Å². The van der Waals surface area contributed by atoms with E-state index in [0.717, 1.165) is 0 Å². The summed E-state index contributed by atoms with van der Waals surface area (Å²) in [6, 6.07) is 10.9. The van der Waals surface area contributed by atoms with Gasteiger partial charge in [-0.1, -0.05) is 18.2 Å². The maximum absolute atomic E-state index is 13.6. The van der Waals surface area contributed by atoms with Gasteiger partial charge in [0.05, 0.1) is 18.7 Å². The number of fused-ring (bicyclic) bond motifs is 1. The first-order valence-corrected chi connectivity index (χ1v) is 7.24. The molecule has 0 aliphatic rings. The first-order valence-electron chi connectivity index (χ1n) is 7.24. The van der Waals surface area contributed by atoms with Gasteiger partial charge in [0.25, 0.3) is 11.5 Å². The molecule has 1 amide bonds. The minimum Gasteiger partial charge on any atom is -0.494 e. The Bertz CT molecular complexity index is 1030. The van der Waals surface area contributed by atoms with Crippen LogP contribution in [0.2, 0.25) is 0 Å². The Kier molecular flexibility index (Phi) is 4.51. The highest BCUT2D eigenvalue weighted by molar-refractivity contribution is 6.04. The van der Waals surface area contributed by atoms with Crippen LogP contribution in [0.1, 0.15) is 16.1 Å². The minimum atomic E-state index is -0.599. The van der Waals surface area contributed by atoms with E-state index in [1.54, 1.807) is 30.3 Å². The number of hydrogen-bond donors (Lipinski definition) is 2. The lowest BCUT2D eigenvalue weighted by Gasteiger charge is -2.03. The summed E-state index contributed by atoms with van der Waals surface area (Å²) in [5, 5.41) is 10.6. The second-order valence-corrected chi connectivity index (χ2v) is 5.04. The summed E-state index contributed by atoms with van der Waals surface area (Å²) in [7, 11) is 1.37. The molecule has 0 fully saturated rings. The molecule has 2 N–H and O–H groups in total. The second-order valence-electron chi connectivity index (χ2n) is 5.04. The summed E-state index contributed by atoms with van der Waals surface area (Å²) in [5.74, 6) is -1.02. The third kappa shape index (κ3) is 3.37. The van der Waals surface area contributed by atoms with E-state index in [2.05, 4.69) is 20.7 Å². The molecule has 25 heavy (non-hydrogen) atoms. The molecule has 3 rings (SSSR count). The molecule has 7 nitrogen and oxygen atoms in total. The number of methoxy groups -OCH3 is 1. The highest BCUT2D eigenvalue weighted by Gasteiger charge is 2.13. The third-order valence-corrected chi connectivity index (χ3v) is 3.47. The number of benzene rings is 2. The molecule has 0 atom stereocenters. The molecule has 3 aromatic rings. The second kappa shape index (κ2) is 6.91. The molecule has 126 valence electrons. The number of aromatic amines is 1. The molecule has 0 saturated heterocycles. The maximum Gasteiger partial charge on any atom is 0.292 e. The lowest BCUT2D eigenvalue weighted by atomic mass is 10.1. The molecule has 0 spiro atoms. The highest BCUT2D eigenvalue weighted by Crippen LogP contribution is 2.16. The summed E-state index contributed by atoms with van der Waals surface area (Å²) >= 11 is 0. The summed E-state index contributed by atoms with van der Waals surface area (Å²) in [5.41, 5.74) is 2.39. The van der Waals surface area contributed by atoms with Crippen molar-refractivity contribution in [3.8, 4) is 5.75 Å². The maximum atomic E-state index is 13.6. The molecule has 0 unspecified atom stereocenters. The van der Waals surface area contributed by atoms with Gasteiger partial charge in [-0.15, -0.1) is 0 Å². The molecule has 8 heteroatoms. The number of hydrazone groups is 1. The average Bonchev–Trinajstić information content (AvgIpc) is 2.62. The zero-order valence-corrected chi connectivity index (χ0v) is 13.1. The van der Waals surface area contributed by atoms with Gasteiger partial charge in [-0.05, 0) is 29.8 Å². The molecule has 0 radical (unpaired) electrons. The smallest absolute Gasteiger partial charge is 0.292 e. The molecular weight excluding hydrogens is 327 g/mol. The number of aromatic nitrogens is 2. The number of amides is 1. The van der Waals surface area contributed by atoms with Gasteiger partial charge in [-0.3, -0.25) is 9.59 Å². The van der Waals surface area contributed by atoms with Crippen molar-refractivity contribution in [2.45, 2.75) is 0 Å². The number of H-pyrrole nitrogens is 1. The van der Waals surface area contributed by atoms with Gasteiger partial charge in [-0.25, -0.2) is 14.9 Å². The largest absolute Gasteiger partial charge is 0.494 e. The Hall–Kier alpha value is -3.55. The molecule has 0 saturated carbocycles. The number of ether oxygens (including phenoxy) is 1. The topological polar surface area (TPSA) is 96.4 Å². The summed E-state index contributed by atoms with van der Waals surface area (Å²) < 4.78 is 18.4. The summed E-state index contributed by atoms with van der Waals surface area (Å²) in [4.78, 5) is 23.9. The van der Waals surface area contributed by atoms with E-state index in [-0.39, 0.29) is 17.0 Å². The van der Waals surface area contributed by atoms with Crippen LogP contribution in [0.15, 0.2) is 52.4 Å². The number of rotatable bonds is 4. The fourth-order valence-corrected chi connectivity index (χ4v) is 2.27. The zero-order valence-electron chi connectivity index (χ0n) is 13.1. The monoisotopic (exact) mass is 340 g/mol. The number of hydrogen-bond acceptors (Lipinski definition) is 5. The van der Waals surface area contributed by atoms with Crippen molar-refractivity contribution >= 4 is 22.9 Å². The van der Waals surface area contributed by atoms with E-state index in [4.69, 9.17) is 4.74 Å². The molecule has 1 heterocycles. The fraction of sp³-hybridized carbons (Fsp3) is 0.0588. The third-order valence-electron chi connectivity index (χ3n) is 3.47. The molecule has 0 aliphatic heterocycles. The lowest BCUT2D eigenvalue weighted by molar-refractivity contribution is 0.0951. The van der Waals surface area contributed by atoms with Gasteiger partial charge in [0, 0.05) is 5.39 Å². The Morgan fingerprint density at radius 2 is 2.04 bits per heavy atom. The minimum absolute atomic E-state index is 0.0354. The standard InChI is InChI=1S/C17H13FN4O3/c1-25-14-7-6-10(8-13(14)18)9-19-21-17(24)15-11-4-2-3-5-12(11)16(23)22-20-15/h2-9H,1H3,(H,21,24)(H,22,23)/b19-9-. The SMILES string of the molecule is COc1ccc(/C=N\NC(=O)c2n[nH]c(=O)c3ccccc23)cc1F. The summed E-state index contributed by atoms with van der Waals surface area (Å²) in [6.07, 6.45) is 1.29. The molecular formula is C17H13FN4O3. The van der Waals surface area contributed by atoms with E-state index in [1.807, 2.05) is 0 Å². The lowest BCUT2D eigenvalue weighted by Crippen LogP contribution is -2.22. The van der Waals surface area contributed by atoms with Gasteiger partial charge in [0.2, 0.25) is 0 Å². The summed E-state index contributed by atoms with van der Waals surface area (Å²) in [6.45, 7) is 0. The van der Waals surface area contributed by atoms with Gasteiger partial charge in [0.15, 0.2) is 17.3 Å². The number of nitrogens with zero attached hydrogens (tertiary/aromatic N) is 2. The van der Waals surface area contributed by atoms with Crippen molar-refractivity contribution in [1.29, 1.82) is 0 Å². The number of carbonyl (C=O) groups excluding carboxylic acids is 1. The van der Waals surface area contributed by atoms with Crippen molar-refractivity contribution in [2.75, 3.05) is 7.11 Å². The van der Waals surface area contributed by atoms with Crippen LogP contribution >= 0.6 is 0 Å². The van der Waals surface area contributed by atoms with Gasteiger partial charge >= 0.3 is 0 Å². The number of halogens is 1. The molecule has 0 bridgehead atoms. The Balaban J connectivity index is 1.80.